The van der Waals surface area contributed by atoms with Crippen LogP contribution in [0.3, 0.4) is 0 Å². The van der Waals surface area contributed by atoms with Gasteiger partial charge >= 0.3 is 0 Å². The maximum Gasteiger partial charge on any atom is 0.242 e. The van der Waals surface area contributed by atoms with Gasteiger partial charge in [0.05, 0.1) is 5.02 Å². The lowest BCUT2D eigenvalue weighted by atomic mass is 10.2. The van der Waals surface area contributed by atoms with Crippen molar-refractivity contribution in [3.63, 3.8) is 0 Å². The Morgan fingerprint density at radius 1 is 1.00 bits per heavy atom. The van der Waals surface area contributed by atoms with Gasteiger partial charge in [-0.05, 0) is 43.3 Å². The number of aromatic nitrogens is 2. The molecule has 0 saturated heterocycles. The quantitative estimate of drug-likeness (QED) is 0.471. The molecular formula is C19H16Cl2FN5O. The number of rotatable bonds is 6. The Labute approximate surface area is 171 Å². The smallest absolute Gasteiger partial charge is 0.242 e. The predicted octanol–water partition coefficient (Wildman–Crippen LogP) is 5.32. The van der Waals surface area contributed by atoms with Crippen molar-refractivity contribution in [1.29, 1.82) is 0 Å². The molecule has 0 bridgehead atoms. The number of nitrogens with zero attached hydrogens (tertiary/aromatic N) is 2. The second-order valence-electron chi connectivity index (χ2n) is 5.85. The van der Waals surface area contributed by atoms with E-state index in [-0.39, 0.29) is 10.9 Å². The van der Waals surface area contributed by atoms with Crippen LogP contribution in [0.15, 0.2) is 54.9 Å². The molecule has 3 aromatic rings. The van der Waals surface area contributed by atoms with Crippen molar-refractivity contribution < 1.29 is 9.18 Å². The Balaban J connectivity index is 1.72. The molecule has 1 aromatic heterocycles. The standard InChI is InChI=1S/C19H16Cl2FN5O/c1-11(20)19(28)27-13-4-2-3-12(7-13)25-17-9-18(24-10-23-17)26-14-5-6-16(22)15(21)8-14/h2-11H,1H3,(H,27,28)(H2,23,24,25,26). The van der Waals surface area contributed by atoms with Gasteiger partial charge < -0.3 is 16.0 Å². The highest BCUT2D eigenvalue weighted by atomic mass is 35.5. The van der Waals surface area contributed by atoms with E-state index in [4.69, 9.17) is 23.2 Å². The fourth-order valence-corrected chi connectivity index (χ4v) is 2.52. The van der Waals surface area contributed by atoms with E-state index in [1.807, 2.05) is 6.07 Å². The molecule has 3 rings (SSSR count). The van der Waals surface area contributed by atoms with Gasteiger partial charge in [0.2, 0.25) is 5.91 Å². The number of alkyl halides is 1. The van der Waals surface area contributed by atoms with Crippen molar-refractivity contribution in [2.75, 3.05) is 16.0 Å². The fourth-order valence-electron chi connectivity index (χ4n) is 2.28. The fraction of sp³-hybridized carbons (Fsp3) is 0.105. The molecule has 28 heavy (non-hydrogen) atoms. The van der Waals surface area contributed by atoms with Crippen molar-refractivity contribution >= 4 is 57.8 Å². The Kier molecular flexibility index (Phi) is 6.28. The van der Waals surface area contributed by atoms with Crippen LogP contribution in [0.1, 0.15) is 6.92 Å². The molecule has 0 spiro atoms. The van der Waals surface area contributed by atoms with Gasteiger partial charge in [0.15, 0.2) is 0 Å². The number of carbonyl (C=O) groups excluding carboxylic acids is 1. The van der Waals surface area contributed by atoms with Gasteiger partial charge in [0.1, 0.15) is 29.2 Å². The summed E-state index contributed by atoms with van der Waals surface area (Å²) < 4.78 is 13.3. The molecule has 1 heterocycles. The average Bonchev–Trinajstić information content (AvgIpc) is 2.65. The molecule has 9 heteroatoms. The zero-order valence-corrected chi connectivity index (χ0v) is 16.2. The van der Waals surface area contributed by atoms with Crippen molar-refractivity contribution in [3.05, 3.63) is 65.7 Å². The van der Waals surface area contributed by atoms with E-state index in [0.717, 1.165) is 5.69 Å². The van der Waals surface area contributed by atoms with Crippen LogP contribution >= 0.6 is 23.2 Å². The van der Waals surface area contributed by atoms with Crippen LogP contribution in [0, 0.1) is 5.82 Å². The van der Waals surface area contributed by atoms with Gasteiger partial charge in [-0.15, -0.1) is 11.6 Å². The van der Waals surface area contributed by atoms with Gasteiger partial charge in [-0.2, -0.15) is 0 Å². The van der Waals surface area contributed by atoms with E-state index < -0.39 is 11.2 Å². The highest BCUT2D eigenvalue weighted by molar-refractivity contribution is 6.32. The van der Waals surface area contributed by atoms with Gasteiger partial charge in [-0.25, -0.2) is 14.4 Å². The number of nitrogens with one attached hydrogen (secondary N) is 3. The van der Waals surface area contributed by atoms with Crippen LogP contribution in [0.2, 0.25) is 5.02 Å². The maximum atomic E-state index is 13.3. The SMILES string of the molecule is CC(Cl)C(=O)Nc1cccc(Nc2cc(Nc3ccc(F)c(Cl)c3)ncn2)c1. The van der Waals surface area contributed by atoms with Crippen molar-refractivity contribution in [1.82, 2.24) is 9.97 Å². The lowest BCUT2D eigenvalue weighted by molar-refractivity contribution is -0.115. The van der Waals surface area contributed by atoms with Gasteiger partial charge in [-0.3, -0.25) is 4.79 Å². The van der Waals surface area contributed by atoms with Crippen molar-refractivity contribution in [2.45, 2.75) is 12.3 Å². The molecule has 3 N–H and O–H groups in total. The minimum Gasteiger partial charge on any atom is -0.340 e. The van der Waals surface area contributed by atoms with E-state index in [2.05, 4.69) is 25.9 Å². The number of hydrogen-bond donors (Lipinski definition) is 3. The van der Waals surface area contributed by atoms with Crippen molar-refractivity contribution in [2.24, 2.45) is 0 Å². The predicted molar refractivity (Wildman–Crippen MR) is 110 cm³/mol. The summed E-state index contributed by atoms with van der Waals surface area (Å²) in [7, 11) is 0. The molecule has 1 amide bonds. The Bertz CT molecular complexity index is 1000. The Hall–Kier alpha value is -2.90. The van der Waals surface area contributed by atoms with E-state index in [1.54, 1.807) is 37.3 Å². The van der Waals surface area contributed by atoms with E-state index in [9.17, 15) is 9.18 Å². The summed E-state index contributed by atoms with van der Waals surface area (Å²) in [6.45, 7) is 1.60. The molecule has 1 unspecified atom stereocenters. The molecule has 6 nitrogen and oxygen atoms in total. The van der Waals surface area contributed by atoms with E-state index >= 15 is 0 Å². The molecule has 0 aliphatic carbocycles. The average molecular weight is 420 g/mol. The Morgan fingerprint density at radius 3 is 2.29 bits per heavy atom. The van der Waals surface area contributed by atoms with Crippen LogP contribution in [-0.2, 0) is 4.79 Å². The van der Waals surface area contributed by atoms with Crippen LogP contribution in [0.5, 0.6) is 0 Å². The van der Waals surface area contributed by atoms with Gasteiger partial charge in [0, 0.05) is 23.1 Å². The van der Waals surface area contributed by atoms with E-state index in [1.165, 1.54) is 18.5 Å². The summed E-state index contributed by atoms with van der Waals surface area (Å²) in [4.78, 5) is 20.0. The summed E-state index contributed by atoms with van der Waals surface area (Å²) in [5.74, 6) is 0.249. The first-order valence-electron chi connectivity index (χ1n) is 8.27. The lowest BCUT2D eigenvalue weighted by Crippen LogP contribution is -2.20. The zero-order chi connectivity index (χ0) is 20.1. The number of halogens is 3. The minimum atomic E-state index is -0.632. The summed E-state index contributed by atoms with van der Waals surface area (Å²) >= 11 is 11.6. The first-order valence-corrected chi connectivity index (χ1v) is 9.08. The number of anilines is 5. The minimum absolute atomic E-state index is 0.0162. The molecule has 2 aromatic carbocycles. The van der Waals surface area contributed by atoms with Crippen LogP contribution in [0.4, 0.5) is 33.1 Å². The number of benzene rings is 2. The number of amides is 1. The first kappa shape index (κ1) is 19.9. The van der Waals surface area contributed by atoms with Crippen LogP contribution in [0.25, 0.3) is 0 Å². The van der Waals surface area contributed by atoms with Gasteiger partial charge in [-0.1, -0.05) is 17.7 Å². The third-order valence-corrected chi connectivity index (χ3v) is 4.11. The largest absolute Gasteiger partial charge is 0.340 e. The number of carbonyl (C=O) groups is 1. The van der Waals surface area contributed by atoms with Crippen molar-refractivity contribution in [3.8, 4) is 0 Å². The first-order chi connectivity index (χ1) is 13.4. The van der Waals surface area contributed by atoms with Crippen LogP contribution in [-0.4, -0.2) is 21.3 Å². The van der Waals surface area contributed by atoms with Gasteiger partial charge in [0.25, 0.3) is 0 Å². The lowest BCUT2D eigenvalue weighted by Gasteiger charge is -2.11. The third kappa shape index (κ3) is 5.31. The molecule has 0 radical (unpaired) electrons. The molecule has 0 aliphatic rings. The normalized spacial score (nSPS) is 11.6. The highest BCUT2D eigenvalue weighted by Crippen LogP contribution is 2.24. The molecule has 1 atom stereocenters. The van der Waals surface area contributed by atoms with E-state index in [0.29, 0.717) is 23.0 Å². The maximum absolute atomic E-state index is 13.3. The summed E-state index contributed by atoms with van der Waals surface area (Å²) in [6, 6.07) is 13.1. The topological polar surface area (TPSA) is 78.9 Å². The summed E-state index contributed by atoms with van der Waals surface area (Å²) in [5.41, 5.74) is 1.92. The molecule has 144 valence electrons. The second kappa shape index (κ2) is 8.86. The molecule has 0 saturated carbocycles. The monoisotopic (exact) mass is 419 g/mol. The van der Waals surface area contributed by atoms with Crippen LogP contribution < -0.4 is 16.0 Å². The number of hydrogen-bond acceptors (Lipinski definition) is 5. The molecule has 0 aliphatic heterocycles. The summed E-state index contributed by atoms with van der Waals surface area (Å²) in [6.07, 6.45) is 1.39. The summed E-state index contributed by atoms with van der Waals surface area (Å²) in [5, 5.41) is 8.27. The highest BCUT2D eigenvalue weighted by Gasteiger charge is 2.09. The second-order valence-corrected chi connectivity index (χ2v) is 6.92. The molecule has 0 fully saturated rings. The third-order valence-electron chi connectivity index (χ3n) is 3.62. The zero-order valence-electron chi connectivity index (χ0n) is 14.7. The molecular weight excluding hydrogens is 404 g/mol. The Morgan fingerprint density at radius 2 is 1.64 bits per heavy atom.